The van der Waals surface area contributed by atoms with Gasteiger partial charge in [0.2, 0.25) is 0 Å². The first kappa shape index (κ1) is 16.1. The van der Waals surface area contributed by atoms with Crippen molar-refractivity contribution in [1.82, 2.24) is 0 Å². The van der Waals surface area contributed by atoms with Crippen LogP contribution in [0, 0.1) is 6.92 Å². The maximum Gasteiger partial charge on any atom is 0.257 e. The largest absolute Gasteiger partial charge is 0.508 e. The van der Waals surface area contributed by atoms with E-state index in [1.165, 1.54) is 6.07 Å². The zero-order valence-corrected chi connectivity index (χ0v) is 12.8. The molecule has 6 heteroatoms. The van der Waals surface area contributed by atoms with E-state index < -0.39 is 0 Å². The number of anilines is 2. The van der Waals surface area contributed by atoms with Crippen molar-refractivity contribution in [2.75, 3.05) is 23.8 Å². The number of aliphatic hydroxyl groups excluding tert-OH is 1. The predicted molar refractivity (Wildman–Crippen MR) is 87.8 cm³/mol. The Morgan fingerprint density at radius 2 is 1.91 bits per heavy atom. The molecule has 22 heavy (non-hydrogen) atoms. The highest BCUT2D eigenvalue weighted by Gasteiger charge is 2.12. The van der Waals surface area contributed by atoms with E-state index in [9.17, 15) is 9.90 Å². The summed E-state index contributed by atoms with van der Waals surface area (Å²) in [6.45, 7) is 2.19. The molecule has 0 radical (unpaired) electrons. The van der Waals surface area contributed by atoms with Crippen molar-refractivity contribution in [3.63, 3.8) is 0 Å². The van der Waals surface area contributed by atoms with Gasteiger partial charge in [0.05, 0.1) is 17.2 Å². The van der Waals surface area contributed by atoms with Gasteiger partial charge in [-0.25, -0.2) is 0 Å². The van der Waals surface area contributed by atoms with Crippen molar-refractivity contribution < 1.29 is 15.0 Å². The van der Waals surface area contributed by atoms with Crippen LogP contribution in [0.1, 0.15) is 15.9 Å². The lowest BCUT2D eigenvalue weighted by Crippen LogP contribution is -2.13. The van der Waals surface area contributed by atoms with Crippen molar-refractivity contribution in [2.24, 2.45) is 0 Å². The number of rotatable bonds is 5. The number of hydrogen-bond donors (Lipinski definition) is 4. The third kappa shape index (κ3) is 3.90. The van der Waals surface area contributed by atoms with E-state index in [0.717, 1.165) is 11.3 Å². The molecule has 0 fully saturated rings. The lowest BCUT2D eigenvalue weighted by molar-refractivity contribution is 0.102. The minimum absolute atomic E-state index is 0.0107. The van der Waals surface area contributed by atoms with Crippen molar-refractivity contribution in [1.29, 1.82) is 0 Å². The molecule has 0 spiro atoms. The normalized spacial score (nSPS) is 10.3. The summed E-state index contributed by atoms with van der Waals surface area (Å²) < 4.78 is 0. The number of nitrogens with one attached hydrogen (secondary N) is 2. The second kappa shape index (κ2) is 7.15. The van der Waals surface area contributed by atoms with Gasteiger partial charge in [-0.05, 0) is 36.8 Å². The minimum Gasteiger partial charge on any atom is -0.508 e. The van der Waals surface area contributed by atoms with Crippen LogP contribution in [-0.2, 0) is 0 Å². The molecule has 0 saturated carbocycles. The van der Waals surface area contributed by atoms with Crippen LogP contribution in [0.3, 0.4) is 0 Å². The third-order valence-electron chi connectivity index (χ3n) is 3.12. The summed E-state index contributed by atoms with van der Waals surface area (Å²) in [7, 11) is 0. The van der Waals surface area contributed by atoms with Gasteiger partial charge in [0.15, 0.2) is 0 Å². The van der Waals surface area contributed by atoms with Crippen LogP contribution >= 0.6 is 11.6 Å². The number of aromatic hydroxyl groups is 1. The van der Waals surface area contributed by atoms with Crippen molar-refractivity contribution in [3.05, 3.63) is 52.5 Å². The van der Waals surface area contributed by atoms with E-state index in [0.29, 0.717) is 22.8 Å². The number of halogens is 1. The van der Waals surface area contributed by atoms with Gasteiger partial charge in [-0.1, -0.05) is 17.7 Å². The number of amides is 1. The summed E-state index contributed by atoms with van der Waals surface area (Å²) in [4.78, 5) is 12.2. The summed E-state index contributed by atoms with van der Waals surface area (Å²) in [5, 5.41) is 24.4. The maximum atomic E-state index is 12.2. The van der Waals surface area contributed by atoms with Crippen LogP contribution in [0.15, 0.2) is 36.4 Å². The van der Waals surface area contributed by atoms with E-state index in [1.807, 2.05) is 0 Å². The van der Waals surface area contributed by atoms with Crippen molar-refractivity contribution in [2.45, 2.75) is 6.92 Å². The number of phenolic OH excluding ortho intramolecular Hbond substituents is 1. The molecule has 1 amide bonds. The topological polar surface area (TPSA) is 81.6 Å². The van der Waals surface area contributed by atoms with Gasteiger partial charge in [-0.2, -0.15) is 0 Å². The molecule has 0 bridgehead atoms. The quantitative estimate of drug-likeness (QED) is 0.682. The number of aryl methyl sites for hydroxylation is 1. The van der Waals surface area contributed by atoms with Gasteiger partial charge >= 0.3 is 0 Å². The van der Waals surface area contributed by atoms with Crippen LogP contribution in [0.4, 0.5) is 11.4 Å². The van der Waals surface area contributed by atoms with Crippen LogP contribution in [0.2, 0.25) is 5.02 Å². The van der Waals surface area contributed by atoms with E-state index >= 15 is 0 Å². The SMILES string of the molecule is Cc1ccc(NC(=O)c2ccc(NCCO)cc2Cl)cc1O. The van der Waals surface area contributed by atoms with Crippen molar-refractivity contribution in [3.8, 4) is 5.75 Å². The third-order valence-corrected chi connectivity index (χ3v) is 3.43. The number of aliphatic hydroxyl groups is 1. The number of carbonyl (C=O) groups is 1. The molecule has 0 heterocycles. The second-order valence-corrected chi connectivity index (χ2v) is 5.21. The summed E-state index contributed by atoms with van der Waals surface area (Å²) in [6, 6.07) is 9.85. The van der Waals surface area contributed by atoms with Crippen molar-refractivity contribution >= 4 is 28.9 Å². The van der Waals surface area contributed by atoms with Gasteiger partial charge in [0, 0.05) is 24.0 Å². The zero-order valence-electron chi connectivity index (χ0n) is 12.1. The Balaban J connectivity index is 2.13. The van der Waals surface area contributed by atoms with E-state index in [1.54, 1.807) is 37.3 Å². The first-order valence-corrected chi connectivity index (χ1v) is 7.14. The highest BCUT2D eigenvalue weighted by Crippen LogP contribution is 2.24. The van der Waals surface area contributed by atoms with Crippen LogP contribution in [-0.4, -0.2) is 29.3 Å². The number of phenols is 1. The minimum atomic E-state index is -0.359. The fourth-order valence-corrected chi connectivity index (χ4v) is 2.16. The Bertz CT molecular complexity index is 689. The Hall–Kier alpha value is -2.24. The van der Waals surface area contributed by atoms with E-state index in [4.69, 9.17) is 16.7 Å². The molecule has 0 aliphatic carbocycles. The smallest absolute Gasteiger partial charge is 0.257 e. The summed E-state index contributed by atoms with van der Waals surface area (Å²) >= 11 is 6.11. The molecule has 0 aromatic heterocycles. The number of benzene rings is 2. The Labute approximate surface area is 133 Å². The Morgan fingerprint density at radius 3 is 2.55 bits per heavy atom. The summed E-state index contributed by atoms with van der Waals surface area (Å²) in [6.07, 6.45) is 0. The number of hydrogen-bond acceptors (Lipinski definition) is 4. The Kier molecular flexibility index (Phi) is 5.25. The summed E-state index contributed by atoms with van der Waals surface area (Å²) in [5.74, 6) is -0.241. The standard InChI is InChI=1S/C16H17ClN2O3/c1-10-2-3-12(9-15(10)21)19-16(22)13-5-4-11(8-14(13)17)18-6-7-20/h2-5,8-9,18,20-21H,6-7H2,1H3,(H,19,22). The van der Waals surface area contributed by atoms with Crippen LogP contribution in [0.25, 0.3) is 0 Å². The molecular weight excluding hydrogens is 304 g/mol. The van der Waals surface area contributed by atoms with Gasteiger partial charge < -0.3 is 20.8 Å². The molecule has 5 nitrogen and oxygen atoms in total. The van der Waals surface area contributed by atoms with Crippen LogP contribution in [0.5, 0.6) is 5.75 Å². The average molecular weight is 321 g/mol. The molecule has 0 aliphatic heterocycles. The average Bonchev–Trinajstić information content (AvgIpc) is 2.49. The zero-order chi connectivity index (χ0) is 16.1. The van der Waals surface area contributed by atoms with Gasteiger partial charge in [-0.15, -0.1) is 0 Å². The molecule has 0 saturated heterocycles. The first-order valence-electron chi connectivity index (χ1n) is 6.76. The maximum absolute atomic E-state index is 12.2. The fourth-order valence-electron chi connectivity index (χ4n) is 1.90. The molecule has 2 rings (SSSR count). The van der Waals surface area contributed by atoms with E-state index in [-0.39, 0.29) is 18.3 Å². The van der Waals surface area contributed by atoms with Gasteiger partial charge in [-0.3, -0.25) is 4.79 Å². The molecule has 0 atom stereocenters. The number of carbonyl (C=O) groups excluding carboxylic acids is 1. The first-order chi connectivity index (χ1) is 10.5. The highest BCUT2D eigenvalue weighted by atomic mass is 35.5. The fraction of sp³-hybridized carbons (Fsp3) is 0.188. The molecule has 2 aromatic rings. The van der Waals surface area contributed by atoms with Gasteiger partial charge in [0.1, 0.15) is 5.75 Å². The predicted octanol–water partition coefficient (Wildman–Crippen LogP) is 3.01. The second-order valence-electron chi connectivity index (χ2n) is 4.80. The molecule has 116 valence electrons. The lowest BCUT2D eigenvalue weighted by Gasteiger charge is -2.10. The summed E-state index contributed by atoms with van der Waals surface area (Å²) in [5.41, 5.74) is 2.28. The molecule has 0 unspecified atom stereocenters. The highest BCUT2D eigenvalue weighted by molar-refractivity contribution is 6.34. The van der Waals surface area contributed by atoms with E-state index in [2.05, 4.69) is 10.6 Å². The molecule has 4 N–H and O–H groups in total. The van der Waals surface area contributed by atoms with Gasteiger partial charge in [0.25, 0.3) is 5.91 Å². The monoisotopic (exact) mass is 320 g/mol. The molecular formula is C16H17ClN2O3. The van der Waals surface area contributed by atoms with Crippen LogP contribution < -0.4 is 10.6 Å². The lowest BCUT2D eigenvalue weighted by atomic mass is 10.1. The molecule has 0 aliphatic rings. The molecule has 2 aromatic carbocycles. The Morgan fingerprint density at radius 1 is 1.18 bits per heavy atom.